The van der Waals surface area contributed by atoms with Gasteiger partial charge in [-0.15, -0.1) is 0 Å². The largest absolute Gasteiger partial charge is 0.490 e. The molecule has 5 nitrogen and oxygen atoms in total. The summed E-state index contributed by atoms with van der Waals surface area (Å²) in [5, 5.41) is 0.602. The molecule has 6 heteroatoms. The number of hydrogen-bond donors (Lipinski definition) is 0. The van der Waals surface area contributed by atoms with Gasteiger partial charge in [-0.2, -0.15) is 0 Å². The van der Waals surface area contributed by atoms with Crippen LogP contribution in [0.25, 0.3) is 11.0 Å². The second-order valence-corrected chi connectivity index (χ2v) is 8.87. The number of ether oxygens (including phenoxy) is 1. The van der Waals surface area contributed by atoms with Gasteiger partial charge in [-0.25, -0.2) is 4.98 Å². The van der Waals surface area contributed by atoms with E-state index in [-0.39, 0.29) is 17.4 Å². The number of para-hydroxylation sites is 3. The van der Waals surface area contributed by atoms with Gasteiger partial charge in [-0.1, -0.05) is 35.9 Å². The number of imidazole rings is 1. The van der Waals surface area contributed by atoms with Gasteiger partial charge in [0.1, 0.15) is 18.2 Å². The fraction of sp³-hybridized carbons (Fsp3) is 0.391. The molecule has 0 radical (unpaired) electrons. The van der Waals surface area contributed by atoms with E-state index in [2.05, 4.69) is 31.4 Å². The molecule has 1 saturated heterocycles. The SMILES string of the molecule is CC(C)(C)N1C[C@H](c2nc3ccccc3n2CCOc2ccccc2Cl)CC1=O. The molecule has 0 bridgehead atoms. The van der Waals surface area contributed by atoms with Crippen LogP contribution in [0.2, 0.25) is 5.02 Å². The monoisotopic (exact) mass is 411 g/mol. The van der Waals surface area contributed by atoms with Gasteiger partial charge in [0.05, 0.1) is 22.6 Å². The van der Waals surface area contributed by atoms with E-state index >= 15 is 0 Å². The molecule has 29 heavy (non-hydrogen) atoms. The Hall–Kier alpha value is -2.53. The predicted octanol–water partition coefficient (Wildman–Crippen LogP) is 4.88. The second kappa shape index (κ2) is 7.71. The molecule has 0 saturated carbocycles. The van der Waals surface area contributed by atoms with Crippen molar-refractivity contribution in [2.24, 2.45) is 0 Å². The number of rotatable bonds is 5. The lowest BCUT2D eigenvalue weighted by Gasteiger charge is -2.32. The average Bonchev–Trinajstić information content (AvgIpc) is 3.24. The zero-order valence-electron chi connectivity index (χ0n) is 17.1. The summed E-state index contributed by atoms with van der Waals surface area (Å²) in [6.45, 7) is 8.04. The highest BCUT2D eigenvalue weighted by Gasteiger charge is 2.38. The first-order valence-corrected chi connectivity index (χ1v) is 10.4. The van der Waals surface area contributed by atoms with Gasteiger partial charge in [0.2, 0.25) is 5.91 Å². The molecule has 0 unspecified atom stereocenters. The predicted molar refractivity (Wildman–Crippen MR) is 116 cm³/mol. The summed E-state index contributed by atoms with van der Waals surface area (Å²) in [5.74, 6) is 1.90. The van der Waals surface area contributed by atoms with Gasteiger partial charge in [0.25, 0.3) is 0 Å². The van der Waals surface area contributed by atoms with Crippen LogP contribution in [-0.4, -0.2) is 39.0 Å². The molecule has 0 spiro atoms. The van der Waals surface area contributed by atoms with Crippen LogP contribution in [0, 0.1) is 0 Å². The number of carbonyl (C=O) groups is 1. The summed E-state index contributed by atoms with van der Waals surface area (Å²) in [6, 6.07) is 15.6. The van der Waals surface area contributed by atoms with E-state index in [0.717, 1.165) is 16.9 Å². The summed E-state index contributed by atoms with van der Waals surface area (Å²) in [4.78, 5) is 19.5. The lowest BCUT2D eigenvalue weighted by atomic mass is 10.1. The molecule has 0 aliphatic carbocycles. The Labute approximate surface area is 176 Å². The molecule has 2 aromatic carbocycles. The summed E-state index contributed by atoms with van der Waals surface area (Å²) in [6.07, 6.45) is 0.492. The van der Waals surface area contributed by atoms with Crippen molar-refractivity contribution in [3.05, 3.63) is 59.4 Å². The van der Waals surface area contributed by atoms with E-state index in [1.165, 1.54) is 0 Å². The highest BCUT2D eigenvalue weighted by atomic mass is 35.5. The minimum atomic E-state index is -0.185. The zero-order chi connectivity index (χ0) is 20.6. The van der Waals surface area contributed by atoms with Crippen molar-refractivity contribution in [3.8, 4) is 5.75 Å². The molecule has 1 amide bonds. The van der Waals surface area contributed by atoms with Crippen molar-refractivity contribution in [3.63, 3.8) is 0 Å². The standard InChI is InChI=1S/C23H26ClN3O2/c1-23(2,3)27-15-16(14-21(27)28)22-25-18-9-5-6-10-19(18)26(22)12-13-29-20-11-7-4-8-17(20)24/h4-11,16H,12-15H2,1-3H3/t16-/m1/s1. The number of likely N-dealkylation sites (tertiary alicyclic amines) is 1. The molecule has 1 aliphatic heterocycles. The number of amides is 1. The number of benzene rings is 2. The van der Waals surface area contributed by atoms with E-state index in [4.69, 9.17) is 21.3 Å². The Bertz CT molecular complexity index is 1040. The first-order valence-electron chi connectivity index (χ1n) is 9.97. The molecule has 1 fully saturated rings. The van der Waals surface area contributed by atoms with E-state index < -0.39 is 0 Å². The highest BCUT2D eigenvalue weighted by Crippen LogP contribution is 2.34. The van der Waals surface area contributed by atoms with Gasteiger partial charge < -0.3 is 14.2 Å². The number of fused-ring (bicyclic) bond motifs is 1. The average molecular weight is 412 g/mol. The van der Waals surface area contributed by atoms with Gasteiger partial charge in [-0.3, -0.25) is 4.79 Å². The molecule has 3 aromatic rings. The molecular formula is C23H26ClN3O2. The fourth-order valence-corrected chi connectivity index (χ4v) is 4.17. The van der Waals surface area contributed by atoms with Crippen LogP contribution in [0.1, 0.15) is 38.9 Å². The van der Waals surface area contributed by atoms with Crippen LogP contribution >= 0.6 is 11.6 Å². The maximum Gasteiger partial charge on any atom is 0.223 e. The molecule has 0 N–H and O–H groups in total. The maximum absolute atomic E-state index is 12.6. The van der Waals surface area contributed by atoms with Crippen molar-refractivity contribution < 1.29 is 9.53 Å². The Morgan fingerprint density at radius 2 is 1.86 bits per heavy atom. The van der Waals surface area contributed by atoms with Crippen molar-refractivity contribution in [2.75, 3.05) is 13.2 Å². The van der Waals surface area contributed by atoms with Crippen molar-refractivity contribution in [1.82, 2.24) is 14.5 Å². The minimum absolute atomic E-state index is 0.0782. The zero-order valence-corrected chi connectivity index (χ0v) is 17.8. The molecule has 4 rings (SSSR count). The summed E-state index contributed by atoms with van der Waals surface area (Å²) >= 11 is 6.20. The lowest BCUT2D eigenvalue weighted by Crippen LogP contribution is -2.42. The quantitative estimate of drug-likeness (QED) is 0.601. The van der Waals surface area contributed by atoms with Crippen LogP contribution in [0.3, 0.4) is 0 Å². The van der Waals surface area contributed by atoms with Crippen molar-refractivity contribution in [2.45, 2.75) is 45.2 Å². The maximum atomic E-state index is 12.6. The van der Waals surface area contributed by atoms with Crippen LogP contribution in [0.4, 0.5) is 0 Å². The number of nitrogens with zero attached hydrogens (tertiary/aromatic N) is 3. The number of halogens is 1. The highest BCUT2D eigenvalue weighted by molar-refractivity contribution is 6.32. The van der Waals surface area contributed by atoms with E-state index in [1.54, 1.807) is 0 Å². The first kappa shape index (κ1) is 19.8. The van der Waals surface area contributed by atoms with Crippen LogP contribution < -0.4 is 4.74 Å². The number of hydrogen-bond acceptors (Lipinski definition) is 3. The molecule has 2 heterocycles. The summed E-state index contributed by atoms with van der Waals surface area (Å²) in [7, 11) is 0. The van der Waals surface area contributed by atoms with Crippen molar-refractivity contribution >= 4 is 28.5 Å². The summed E-state index contributed by atoms with van der Waals surface area (Å²) < 4.78 is 8.11. The van der Waals surface area contributed by atoms with Crippen LogP contribution in [0.15, 0.2) is 48.5 Å². The molecule has 152 valence electrons. The third kappa shape index (κ3) is 3.97. The number of carbonyl (C=O) groups excluding carboxylic acids is 1. The number of aromatic nitrogens is 2. The first-order chi connectivity index (χ1) is 13.8. The van der Waals surface area contributed by atoms with Gasteiger partial charge in [0, 0.05) is 24.4 Å². The van der Waals surface area contributed by atoms with Gasteiger partial charge in [-0.05, 0) is 45.0 Å². The Balaban J connectivity index is 1.60. The van der Waals surface area contributed by atoms with E-state index in [1.807, 2.05) is 47.4 Å². The molecule has 1 aromatic heterocycles. The lowest BCUT2D eigenvalue weighted by molar-refractivity contribution is -0.131. The van der Waals surface area contributed by atoms with Gasteiger partial charge >= 0.3 is 0 Å². The third-order valence-corrected chi connectivity index (χ3v) is 5.71. The Morgan fingerprint density at radius 3 is 2.59 bits per heavy atom. The van der Waals surface area contributed by atoms with E-state index in [9.17, 15) is 4.79 Å². The Morgan fingerprint density at radius 1 is 1.14 bits per heavy atom. The third-order valence-electron chi connectivity index (χ3n) is 5.39. The summed E-state index contributed by atoms with van der Waals surface area (Å²) in [5.41, 5.74) is 1.82. The Kier molecular flexibility index (Phi) is 5.26. The van der Waals surface area contributed by atoms with Crippen LogP contribution in [-0.2, 0) is 11.3 Å². The minimum Gasteiger partial charge on any atom is -0.490 e. The topological polar surface area (TPSA) is 47.4 Å². The fourth-order valence-electron chi connectivity index (χ4n) is 3.98. The van der Waals surface area contributed by atoms with Crippen molar-refractivity contribution in [1.29, 1.82) is 0 Å². The second-order valence-electron chi connectivity index (χ2n) is 8.47. The van der Waals surface area contributed by atoms with E-state index in [0.29, 0.717) is 36.9 Å². The molecular weight excluding hydrogens is 386 g/mol. The molecule has 1 aliphatic rings. The van der Waals surface area contributed by atoms with Gasteiger partial charge in [0.15, 0.2) is 0 Å². The van der Waals surface area contributed by atoms with Crippen LogP contribution in [0.5, 0.6) is 5.75 Å². The normalized spacial score (nSPS) is 17.3. The molecule has 1 atom stereocenters. The smallest absolute Gasteiger partial charge is 0.223 e.